The lowest BCUT2D eigenvalue weighted by atomic mass is 10.0. The Balaban J connectivity index is 1.94. The normalized spacial score (nSPS) is 16.4. The molecule has 1 aliphatic heterocycles. The van der Waals surface area contributed by atoms with E-state index in [0.29, 0.717) is 6.04 Å². The van der Waals surface area contributed by atoms with Gasteiger partial charge in [0.2, 0.25) is 0 Å². The molecule has 1 aliphatic rings. The number of rotatable bonds is 5. The first kappa shape index (κ1) is 15.0. The Morgan fingerprint density at radius 1 is 1.25 bits per heavy atom. The summed E-state index contributed by atoms with van der Waals surface area (Å²) in [5.74, 6) is 0.205. The number of nitrogens with zero attached hydrogens (tertiary/aromatic N) is 1. The van der Waals surface area contributed by atoms with Gasteiger partial charge >= 0.3 is 0 Å². The van der Waals surface area contributed by atoms with Crippen LogP contribution in [-0.4, -0.2) is 36.5 Å². The molecule has 0 aliphatic carbocycles. The highest BCUT2D eigenvalue weighted by Gasteiger charge is 2.24. The van der Waals surface area contributed by atoms with Gasteiger partial charge in [-0.05, 0) is 43.9 Å². The van der Waals surface area contributed by atoms with Crippen LogP contribution in [0.5, 0.6) is 0 Å². The summed E-state index contributed by atoms with van der Waals surface area (Å²) in [5, 5.41) is 3.56. The van der Waals surface area contributed by atoms with Gasteiger partial charge in [-0.3, -0.25) is 4.79 Å². The van der Waals surface area contributed by atoms with Crippen LogP contribution in [0.1, 0.15) is 49.0 Å². The minimum absolute atomic E-state index is 0.205. The quantitative estimate of drug-likeness (QED) is 0.895. The van der Waals surface area contributed by atoms with Crippen LogP contribution in [0.4, 0.5) is 0 Å². The molecule has 0 saturated carbocycles. The summed E-state index contributed by atoms with van der Waals surface area (Å²) < 4.78 is 0. The molecule has 1 aromatic rings. The maximum atomic E-state index is 12.6. The third-order valence-electron chi connectivity index (χ3n) is 4.09. The van der Waals surface area contributed by atoms with Gasteiger partial charge < -0.3 is 10.2 Å². The van der Waals surface area contributed by atoms with Crippen molar-refractivity contribution in [3.63, 3.8) is 0 Å². The van der Waals surface area contributed by atoms with E-state index in [1.54, 1.807) is 0 Å². The highest BCUT2D eigenvalue weighted by molar-refractivity contribution is 5.95. The molecule has 0 aromatic heterocycles. The van der Waals surface area contributed by atoms with E-state index in [-0.39, 0.29) is 5.91 Å². The number of piperidine rings is 1. The SMILES string of the molecule is CCCNC1CCN(C(=O)c2ccccc2CC)CC1. The van der Waals surface area contributed by atoms with Crippen molar-refractivity contribution in [1.29, 1.82) is 0 Å². The molecular formula is C17H26N2O. The number of carbonyl (C=O) groups excluding carboxylic acids is 1. The smallest absolute Gasteiger partial charge is 0.254 e. The zero-order valence-corrected chi connectivity index (χ0v) is 12.7. The Labute approximate surface area is 122 Å². The molecule has 20 heavy (non-hydrogen) atoms. The summed E-state index contributed by atoms with van der Waals surface area (Å²) in [6.07, 6.45) is 4.22. The van der Waals surface area contributed by atoms with E-state index >= 15 is 0 Å². The largest absolute Gasteiger partial charge is 0.339 e. The molecule has 1 N–H and O–H groups in total. The first-order chi connectivity index (χ1) is 9.76. The molecule has 0 bridgehead atoms. The van der Waals surface area contributed by atoms with Gasteiger partial charge in [0.1, 0.15) is 0 Å². The molecule has 0 unspecified atom stereocenters. The van der Waals surface area contributed by atoms with Gasteiger partial charge in [-0.15, -0.1) is 0 Å². The van der Waals surface area contributed by atoms with Crippen LogP contribution in [-0.2, 0) is 6.42 Å². The molecule has 3 nitrogen and oxygen atoms in total. The molecule has 0 atom stereocenters. The predicted octanol–water partition coefficient (Wildman–Crippen LogP) is 2.85. The first-order valence-corrected chi connectivity index (χ1v) is 7.86. The Kier molecular flexibility index (Phi) is 5.60. The summed E-state index contributed by atoms with van der Waals surface area (Å²) in [4.78, 5) is 14.6. The Morgan fingerprint density at radius 2 is 1.95 bits per heavy atom. The number of amides is 1. The predicted molar refractivity (Wildman–Crippen MR) is 83.0 cm³/mol. The van der Waals surface area contributed by atoms with Crippen molar-refractivity contribution >= 4 is 5.91 Å². The number of benzene rings is 1. The average molecular weight is 274 g/mol. The Hall–Kier alpha value is -1.35. The highest BCUT2D eigenvalue weighted by atomic mass is 16.2. The maximum absolute atomic E-state index is 12.6. The van der Waals surface area contributed by atoms with Crippen molar-refractivity contribution < 1.29 is 4.79 Å². The first-order valence-electron chi connectivity index (χ1n) is 7.86. The second-order valence-electron chi connectivity index (χ2n) is 5.53. The molecule has 0 radical (unpaired) electrons. The monoisotopic (exact) mass is 274 g/mol. The highest BCUT2D eigenvalue weighted by Crippen LogP contribution is 2.17. The Morgan fingerprint density at radius 3 is 2.60 bits per heavy atom. The van der Waals surface area contributed by atoms with Gasteiger partial charge in [0.15, 0.2) is 0 Å². The molecule has 3 heteroatoms. The molecule has 1 aromatic carbocycles. The fourth-order valence-corrected chi connectivity index (χ4v) is 2.84. The molecule has 1 saturated heterocycles. The number of nitrogens with one attached hydrogen (secondary N) is 1. The minimum Gasteiger partial charge on any atom is -0.339 e. The van der Waals surface area contributed by atoms with Gasteiger partial charge in [0, 0.05) is 24.7 Å². The van der Waals surface area contributed by atoms with Crippen molar-refractivity contribution in [3.05, 3.63) is 35.4 Å². The van der Waals surface area contributed by atoms with Crippen molar-refractivity contribution in [2.75, 3.05) is 19.6 Å². The second-order valence-corrected chi connectivity index (χ2v) is 5.53. The van der Waals surface area contributed by atoms with Crippen LogP contribution < -0.4 is 5.32 Å². The third kappa shape index (κ3) is 3.60. The average Bonchev–Trinajstić information content (AvgIpc) is 2.52. The topological polar surface area (TPSA) is 32.3 Å². The van der Waals surface area contributed by atoms with E-state index in [2.05, 4.69) is 25.2 Å². The van der Waals surface area contributed by atoms with Gasteiger partial charge in [0.05, 0.1) is 0 Å². The van der Waals surface area contributed by atoms with Crippen LogP contribution in [0.15, 0.2) is 24.3 Å². The van der Waals surface area contributed by atoms with E-state index in [1.807, 2.05) is 23.1 Å². The number of likely N-dealkylation sites (tertiary alicyclic amines) is 1. The lowest BCUT2D eigenvalue weighted by molar-refractivity contribution is 0.0704. The third-order valence-corrected chi connectivity index (χ3v) is 4.09. The fraction of sp³-hybridized carbons (Fsp3) is 0.588. The zero-order valence-electron chi connectivity index (χ0n) is 12.7. The molecule has 0 spiro atoms. The van der Waals surface area contributed by atoms with Gasteiger partial charge in [-0.1, -0.05) is 32.0 Å². The number of hydrogen-bond donors (Lipinski definition) is 1. The van der Waals surface area contributed by atoms with Crippen molar-refractivity contribution in [2.24, 2.45) is 0 Å². The summed E-state index contributed by atoms with van der Waals surface area (Å²) in [6.45, 7) is 7.12. The molecule has 1 fully saturated rings. The number of carbonyl (C=O) groups is 1. The van der Waals surface area contributed by atoms with E-state index in [1.165, 1.54) is 6.42 Å². The molecule has 1 amide bonds. The number of hydrogen-bond acceptors (Lipinski definition) is 2. The van der Waals surface area contributed by atoms with Crippen molar-refractivity contribution in [2.45, 2.75) is 45.6 Å². The van der Waals surface area contributed by atoms with Crippen LogP contribution >= 0.6 is 0 Å². The van der Waals surface area contributed by atoms with Crippen LogP contribution in [0.3, 0.4) is 0 Å². The lowest BCUT2D eigenvalue weighted by Crippen LogP contribution is -2.45. The van der Waals surface area contributed by atoms with Gasteiger partial charge in [0.25, 0.3) is 5.91 Å². The lowest BCUT2D eigenvalue weighted by Gasteiger charge is -2.33. The zero-order chi connectivity index (χ0) is 14.4. The standard InChI is InChI=1S/C17H26N2O/c1-3-11-18-15-9-12-19(13-10-15)17(20)16-8-6-5-7-14(16)4-2/h5-8,15,18H,3-4,9-13H2,1-2H3. The molecule has 110 valence electrons. The van der Waals surface area contributed by atoms with E-state index in [0.717, 1.165) is 50.0 Å². The van der Waals surface area contributed by atoms with Gasteiger partial charge in [-0.2, -0.15) is 0 Å². The molecular weight excluding hydrogens is 248 g/mol. The van der Waals surface area contributed by atoms with Crippen LogP contribution in [0, 0.1) is 0 Å². The maximum Gasteiger partial charge on any atom is 0.254 e. The minimum atomic E-state index is 0.205. The van der Waals surface area contributed by atoms with Gasteiger partial charge in [-0.25, -0.2) is 0 Å². The molecule has 1 heterocycles. The summed E-state index contributed by atoms with van der Waals surface area (Å²) in [6, 6.07) is 8.57. The number of aryl methyl sites for hydroxylation is 1. The van der Waals surface area contributed by atoms with Crippen LogP contribution in [0.25, 0.3) is 0 Å². The van der Waals surface area contributed by atoms with Crippen molar-refractivity contribution in [1.82, 2.24) is 10.2 Å². The van der Waals surface area contributed by atoms with E-state index in [9.17, 15) is 4.79 Å². The van der Waals surface area contributed by atoms with E-state index in [4.69, 9.17) is 0 Å². The van der Waals surface area contributed by atoms with Crippen molar-refractivity contribution in [3.8, 4) is 0 Å². The second kappa shape index (κ2) is 7.44. The summed E-state index contributed by atoms with van der Waals surface area (Å²) >= 11 is 0. The van der Waals surface area contributed by atoms with Crippen LogP contribution in [0.2, 0.25) is 0 Å². The Bertz CT molecular complexity index is 436. The van der Waals surface area contributed by atoms with E-state index < -0.39 is 0 Å². The molecule has 2 rings (SSSR count). The summed E-state index contributed by atoms with van der Waals surface area (Å²) in [5.41, 5.74) is 2.04. The summed E-state index contributed by atoms with van der Waals surface area (Å²) in [7, 11) is 0. The fourth-order valence-electron chi connectivity index (χ4n) is 2.84.